The van der Waals surface area contributed by atoms with Crippen LogP contribution in [0.1, 0.15) is 31.4 Å². The summed E-state index contributed by atoms with van der Waals surface area (Å²) in [5.74, 6) is 0.551. The van der Waals surface area contributed by atoms with E-state index in [1.165, 1.54) is 0 Å². The van der Waals surface area contributed by atoms with E-state index in [1.807, 2.05) is 32.9 Å². The van der Waals surface area contributed by atoms with E-state index in [-0.39, 0.29) is 5.91 Å². The Kier molecular flexibility index (Phi) is 6.56. The average Bonchev–Trinajstić information content (AvgIpc) is 3.10. The number of ether oxygens (including phenoxy) is 1. The van der Waals surface area contributed by atoms with Crippen LogP contribution in [-0.2, 0) is 4.79 Å². The van der Waals surface area contributed by atoms with Gasteiger partial charge in [-0.25, -0.2) is 0 Å². The van der Waals surface area contributed by atoms with Crippen molar-refractivity contribution in [3.05, 3.63) is 57.8 Å². The number of hydrogen-bond donors (Lipinski definition) is 1. The van der Waals surface area contributed by atoms with Gasteiger partial charge in [-0.2, -0.15) is 0 Å². The molecule has 0 saturated carbocycles. The fourth-order valence-corrected chi connectivity index (χ4v) is 3.87. The van der Waals surface area contributed by atoms with Gasteiger partial charge in [-0.3, -0.25) is 4.79 Å². The molecule has 0 radical (unpaired) electrons. The fourth-order valence-electron chi connectivity index (χ4n) is 3.36. The molecule has 1 amide bonds. The van der Waals surface area contributed by atoms with Gasteiger partial charge in [-0.05, 0) is 44.0 Å². The summed E-state index contributed by atoms with van der Waals surface area (Å²) >= 11 is 12.5. The van der Waals surface area contributed by atoms with Gasteiger partial charge in [-0.1, -0.05) is 36.2 Å². The first-order chi connectivity index (χ1) is 13.9. The van der Waals surface area contributed by atoms with Crippen LogP contribution in [0.25, 0.3) is 27.7 Å². The molecule has 0 fully saturated rings. The maximum Gasteiger partial charge on any atom is 0.244 e. The average molecular weight is 432 g/mol. The second kappa shape index (κ2) is 8.93. The van der Waals surface area contributed by atoms with E-state index in [1.54, 1.807) is 31.6 Å². The van der Waals surface area contributed by atoms with Crippen LogP contribution < -0.4 is 10.1 Å². The van der Waals surface area contributed by atoms with Crippen molar-refractivity contribution in [2.45, 2.75) is 27.2 Å². The molecule has 0 aliphatic rings. The molecule has 6 heteroatoms. The molecule has 0 saturated heterocycles. The first-order valence-electron chi connectivity index (χ1n) is 9.38. The molecule has 0 aliphatic heterocycles. The van der Waals surface area contributed by atoms with Gasteiger partial charge < -0.3 is 14.5 Å². The first kappa shape index (κ1) is 21.3. The van der Waals surface area contributed by atoms with Crippen molar-refractivity contribution in [3.8, 4) is 16.9 Å². The number of methoxy groups -OCH3 is 1. The Morgan fingerprint density at radius 3 is 2.66 bits per heavy atom. The zero-order valence-electron chi connectivity index (χ0n) is 16.9. The number of allylic oxidation sites excluding steroid dienone is 1. The number of amides is 1. The minimum absolute atomic E-state index is 0.127. The van der Waals surface area contributed by atoms with Crippen molar-refractivity contribution in [3.63, 3.8) is 0 Å². The van der Waals surface area contributed by atoms with Gasteiger partial charge in [0.25, 0.3) is 0 Å². The van der Waals surface area contributed by atoms with Crippen LogP contribution in [0.5, 0.6) is 5.75 Å². The summed E-state index contributed by atoms with van der Waals surface area (Å²) in [5.41, 5.74) is 4.89. The molecule has 1 aromatic heterocycles. The number of hydrogen-bond acceptors (Lipinski definition) is 3. The number of furan rings is 1. The Bertz CT molecular complexity index is 1100. The Morgan fingerprint density at radius 1 is 1.24 bits per heavy atom. The van der Waals surface area contributed by atoms with E-state index in [0.29, 0.717) is 22.3 Å². The molecule has 1 heterocycles. The third-order valence-electron chi connectivity index (χ3n) is 4.79. The predicted molar refractivity (Wildman–Crippen MR) is 120 cm³/mol. The Labute approximate surface area is 180 Å². The van der Waals surface area contributed by atoms with Gasteiger partial charge >= 0.3 is 0 Å². The van der Waals surface area contributed by atoms with Crippen molar-refractivity contribution in [1.82, 2.24) is 5.32 Å². The van der Waals surface area contributed by atoms with Crippen LogP contribution in [0.4, 0.5) is 0 Å². The second-order valence-corrected chi connectivity index (χ2v) is 7.69. The predicted octanol–water partition coefficient (Wildman–Crippen LogP) is 6.65. The van der Waals surface area contributed by atoms with Crippen molar-refractivity contribution in [2.75, 3.05) is 13.7 Å². The summed E-state index contributed by atoms with van der Waals surface area (Å²) in [6, 6.07) is 7.35. The third kappa shape index (κ3) is 4.29. The highest BCUT2D eigenvalue weighted by Crippen LogP contribution is 2.42. The number of fused-ring (bicyclic) bond motifs is 1. The summed E-state index contributed by atoms with van der Waals surface area (Å²) in [6.07, 6.45) is 4.16. The SMILES string of the molecule is CCCNC(=O)/C=C(\C)c1cc2c(-c3ccc(Cl)cc3Cl)coc2c(C)c1OC. The zero-order chi connectivity index (χ0) is 21.1. The van der Waals surface area contributed by atoms with Crippen LogP contribution in [0.15, 0.2) is 41.0 Å². The highest BCUT2D eigenvalue weighted by Gasteiger charge is 2.19. The molecule has 152 valence electrons. The van der Waals surface area contributed by atoms with Gasteiger partial charge in [0, 0.05) is 45.3 Å². The van der Waals surface area contributed by atoms with E-state index in [4.69, 9.17) is 32.4 Å². The normalized spacial score (nSPS) is 11.7. The van der Waals surface area contributed by atoms with Crippen molar-refractivity contribution < 1.29 is 13.9 Å². The topological polar surface area (TPSA) is 51.5 Å². The van der Waals surface area contributed by atoms with E-state index < -0.39 is 0 Å². The van der Waals surface area contributed by atoms with Crippen LogP contribution in [0, 0.1) is 6.92 Å². The number of halogens is 2. The largest absolute Gasteiger partial charge is 0.496 e. The Hall–Kier alpha value is -2.43. The first-order valence-corrected chi connectivity index (χ1v) is 10.1. The summed E-state index contributed by atoms with van der Waals surface area (Å²) in [4.78, 5) is 12.2. The van der Waals surface area contributed by atoms with Gasteiger partial charge in [0.05, 0.1) is 18.4 Å². The molecule has 0 spiro atoms. The number of carbonyl (C=O) groups is 1. The summed E-state index contributed by atoms with van der Waals surface area (Å²) < 4.78 is 11.5. The van der Waals surface area contributed by atoms with Gasteiger partial charge in [0.1, 0.15) is 11.3 Å². The molecule has 1 N–H and O–H groups in total. The lowest BCUT2D eigenvalue weighted by molar-refractivity contribution is -0.116. The quantitative estimate of drug-likeness (QED) is 0.444. The molecule has 0 aliphatic carbocycles. The molecule has 0 bridgehead atoms. The van der Waals surface area contributed by atoms with E-state index in [0.717, 1.165) is 45.2 Å². The van der Waals surface area contributed by atoms with E-state index in [9.17, 15) is 4.79 Å². The van der Waals surface area contributed by atoms with E-state index >= 15 is 0 Å². The van der Waals surface area contributed by atoms with Crippen LogP contribution in [0.2, 0.25) is 10.0 Å². The number of rotatable bonds is 6. The molecular weight excluding hydrogens is 409 g/mol. The molecule has 2 aromatic carbocycles. The molecule has 3 aromatic rings. The number of carbonyl (C=O) groups excluding carboxylic acids is 1. The summed E-state index contributed by atoms with van der Waals surface area (Å²) in [5, 5.41) is 4.87. The monoisotopic (exact) mass is 431 g/mol. The lowest BCUT2D eigenvalue weighted by Gasteiger charge is -2.13. The molecule has 29 heavy (non-hydrogen) atoms. The maximum atomic E-state index is 12.2. The van der Waals surface area contributed by atoms with Crippen LogP contribution >= 0.6 is 23.2 Å². The van der Waals surface area contributed by atoms with Crippen molar-refractivity contribution in [1.29, 1.82) is 0 Å². The van der Waals surface area contributed by atoms with Crippen LogP contribution in [-0.4, -0.2) is 19.6 Å². The third-order valence-corrected chi connectivity index (χ3v) is 5.34. The van der Waals surface area contributed by atoms with Crippen molar-refractivity contribution >= 4 is 45.7 Å². The Morgan fingerprint density at radius 2 is 2.00 bits per heavy atom. The molecule has 0 atom stereocenters. The zero-order valence-corrected chi connectivity index (χ0v) is 18.4. The lowest BCUT2D eigenvalue weighted by atomic mass is 9.96. The summed E-state index contributed by atoms with van der Waals surface area (Å²) in [7, 11) is 1.61. The molecular formula is C23H23Cl2NO3. The summed E-state index contributed by atoms with van der Waals surface area (Å²) in [6.45, 7) is 6.48. The van der Waals surface area contributed by atoms with Gasteiger partial charge in [-0.15, -0.1) is 0 Å². The van der Waals surface area contributed by atoms with E-state index in [2.05, 4.69) is 5.32 Å². The Balaban J connectivity index is 2.18. The second-order valence-electron chi connectivity index (χ2n) is 6.85. The molecule has 4 nitrogen and oxygen atoms in total. The lowest BCUT2D eigenvalue weighted by Crippen LogP contribution is -2.21. The van der Waals surface area contributed by atoms with Gasteiger partial charge in [0.15, 0.2) is 0 Å². The minimum atomic E-state index is -0.127. The maximum absolute atomic E-state index is 12.2. The molecule has 0 unspecified atom stereocenters. The van der Waals surface area contributed by atoms with Crippen LogP contribution in [0.3, 0.4) is 0 Å². The number of nitrogens with one attached hydrogen (secondary N) is 1. The minimum Gasteiger partial charge on any atom is -0.496 e. The smallest absolute Gasteiger partial charge is 0.244 e. The van der Waals surface area contributed by atoms with Crippen molar-refractivity contribution in [2.24, 2.45) is 0 Å². The van der Waals surface area contributed by atoms with Gasteiger partial charge in [0.2, 0.25) is 5.91 Å². The highest BCUT2D eigenvalue weighted by atomic mass is 35.5. The number of aryl methyl sites for hydroxylation is 1. The standard InChI is InChI=1S/C23H23Cl2NO3/c1-5-8-26-21(27)9-13(2)17-11-18-19(16-7-6-15(24)10-20(16)25)12-29-23(18)14(3)22(17)28-4/h6-7,9-12H,5,8H2,1-4H3,(H,26,27)/b13-9+. The molecule has 3 rings (SSSR count). The fraction of sp³-hybridized carbons (Fsp3) is 0.261. The highest BCUT2D eigenvalue weighted by molar-refractivity contribution is 6.36. The number of benzene rings is 2.